The van der Waals surface area contributed by atoms with Crippen LogP contribution in [0.15, 0.2) is 182 Å². The summed E-state index contributed by atoms with van der Waals surface area (Å²) in [6.07, 6.45) is 7.17. The van der Waals surface area contributed by atoms with Crippen molar-refractivity contribution in [1.29, 1.82) is 0 Å². The Bertz CT molecular complexity index is 2880. The molecule has 52 heavy (non-hydrogen) atoms. The zero-order chi connectivity index (χ0) is 34.2. The molecule has 2 aliphatic rings. The number of rotatable bonds is 4. The van der Waals surface area contributed by atoms with Gasteiger partial charge in [-0.25, -0.2) is 0 Å². The molecule has 1 heteroatoms. The van der Waals surface area contributed by atoms with Crippen molar-refractivity contribution in [3.8, 4) is 27.9 Å². The molecule has 1 nitrogen and oxygen atoms in total. The van der Waals surface area contributed by atoms with Crippen molar-refractivity contribution in [1.82, 2.24) is 4.57 Å². The van der Waals surface area contributed by atoms with Crippen LogP contribution in [0.2, 0.25) is 0 Å². The van der Waals surface area contributed by atoms with Gasteiger partial charge in [0.05, 0.1) is 11.0 Å². The third-order valence-corrected chi connectivity index (χ3v) is 11.6. The predicted molar refractivity (Wildman–Crippen MR) is 221 cm³/mol. The van der Waals surface area contributed by atoms with E-state index in [9.17, 15) is 0 Å². The Kier molecular flexibility index (Phi) is 6.51. The van der Waals surface area contributed by atoms with Gasteiger partial charge in [0.1, 0.15) is 0 Å². The van der Waals surface area contributed by atoms with Gasteiger partial charge in [-0.15, -0.1) is 0 Å². The minimum Gasteiger partial charge on any atom is -0.309 e. The number of hydrogen-bond donors (Lipinski definition) is 0. The van der Waals surface area contributed by atoms with Crippen LogP contribution in [0.3, 0.4) is 0 Å². The molecule has 0 fully saturated rings. The molecule has 1 aromatic heterocycles. The molecule has 244 valence electrons. The third kappa shape index (κ3) is 4.42. The van der Waals surface area contributed by atoms with E-state index in [1.54, 1.807) is 0 Å². The van der Waals surface area contributed by atoms with Gasteiger partial charge in [-0.1, -0.05) is 152 Å². The van der Waals surface area contributed by atoms with E-state index in [-0.39, 0.29) is 0 Å². The van der Waals surface area contributed by atoms with Crippen LogP contribution < -0.4 is 0 Å². The number of para-hydroxylation sites is 1. The Hall–Kier alpha value is -6.44. The standard InChI is InChI=1S/C51H35N/c1-2-12-33(13-3-1)50-42-17-6-8-19-44(42)51(45-20-9-7-18-43(45)50)34-24-27-39(28-25-34)52-48-21-11-10-16-41(48)47-32-36(26-29-49(47)52)35-22-23-38-30-37-14-4-5-15-40(37)46(38)31-35/h1-22,24-29,31-32,38H,23,30H2. The van der Waals surface area contributed by atoms with Gasteiger partial charge >= 0.3 is 0 Å². The molecule has 0 bridgehead atoms. The first-order valence-electron chi connectivity index (χ1n) is 18.4. The molecule has 8 aromatic carbocycles. The fourth-order valence-corrected chi connectivity index (χ4v) is 9.24. The summed E-state index contributed by atoms with van der Waals surface area (Å²) in [4.78, 5) is 0. The summed E-state index contributed by atoms with van der Waals surface area (Å²) in [7, 11) is 0. The maximum Gasteiger partial charge on any atom is 0.0541 e. The van der Waals surface area contributed by atoms with Crippen LogP contribution in [0.5, 0.6) is 0 Å². The minimum atomic E-state index is 0.604. The lowest BCUT2D eigenvalue weighted by atomic mass is 9.86. The Morgan fingerprint density at radius 2 is 1.00 bits per heavy atom. The van der Waals surface area contributed by atoms with Gasteiger partial charge in [0.15, 0.2) is 0 Å². The van der Waals surface area contributed by atoms with Gasteiger partial charge in [-0.3, -0.25) is 0 Å². The summed E-state index contributed by atoms with van der Waals surface area (Å²) in [5.74, 6) is 0.604. The molecule has 0 saturated heterocycles. The van der Waals surface area contributed by atoms with Crippen LogP contribution in [-0.4, -0.2) is 4.57 Å². The molecule has 1 unspecified atom stereocenters. The van der Waals surface area contributed by atoms with Gasteiger partial charge < -0.3 is 4.57 Å². The third-order valence-electron chi connectivity index (χ3n) is 11.6. The molecule has 0 aliphatic heterocycles. The van der Waals surface area contributed by atoms with E-state index in [4.69, 9.17) is 0 Å². The molecule has 11 rings (SSSR count). The second-order valence-electron chi connectivity index (χ2n) is 14.4. The highest BCUT2D eigenvalue weighted by Gasteiger charge is 2.28. The van der Waals surface area contributed by atoms with Gasteiger partial charge in [-0.05, 0) is 121 Å². The second-order valence-corrected chi connectivity index (χ2v) is 14.4. The first-order valence-corrected chi connectivity index (χ1v) is 18.4. The zero-order valence-corrected chi connectivity index (χ0v) is 28.8. The quantitative estimate of drug-likeness (QED) is 0.165. The molecule has 2 aliphatic carbocycles. The van der Waals surface area contributed by atoms with Crippen molar-refractivity contribution < 1.29 is 0 Å². The first-order chi connectivity index (χ1) is 25.8. The molecule has 0 spiro atoms. The van der Waals surface area contributed by atoms with Crippen molar-refractivity contribution in [2.75, 3.05) is 0 Å². The summed E-state index contributed by atoms with van der Waals surface area (Å²) in [6.45, 7) is 0. The van der Waals surface area contributed by atoms with Crippen molar-refractivity contribution in [2.45, 2.75) is 12.8 Å². The normalized spacial score (nSPS) is 15.2. The molecule has 0 saturated carbocycles. The second kappa shape index (κ2) is 11.5. The van der Waals surface area contributed by atoms with Crippen molar-refractivity contribution in [3.63, 3.8) is 0 Å². The van der Waals surface area contributed by atoms with Crippen molar-refractivity contribution in [2.24, 2.45) is 5.92 Å². The summed E-state index contributed by atoms with van der Waals surface area (Å²) in [5.41, 5.74) is 15.7. The summed E-state index contributed by atoms with van der Waals surface area (Å²) in [5, 5.41) is 7.68. The fraction of sp³-hybridized carbons (Fsp3) is 0.0588. The van der Waals surface area contributed by atoms with Gasteiger partial charge in [0, 0.05) is 16.5 Å². The van der Waals surface area contributed by atoms with E-state index in [1.165, 1.54) is 99.1 Å². The first kappa shape index (κ1) is 29.3. The lowest BCUT2D eigenvalue weighted by Crippen LogP contribution is -2.02. The molecule has 0 amide bonds. The van der Waals surface area contributed by atoms with E-state index in [2.05, 4.69) is 187 Å². The van der Waals surface area contributed by atoms with E-state index < -0.39 is 0 Å². The van der Waals surface area contributed by atoms with Gasteiger partial charge in [0.2, 0.25) is 0 Å². The number of benzene rings is 8. The van der Waals surface area contributed by atoms with E-state index in [1.807, 2.05) is 0 Å². The number of fused-ring (bicyclic) bond motifs is 8. The highest BCUT2D eigenvalue weighted by Crippen LogP contribution is 2.46. The van der Waals surface area contributed by atoms with Crippen LogP contribution in [0.1, 0.15) is 23.1 Å². The summed E-state index contributed by atoms with van der Waals surface area (Å²) >= 11 is 0. The van der Waals surface area contributed by atoms with E-state index >= 15 is 0 Å². The largest absolute Gasteiger partial charge is 0.309 e. The molecular weight excluding hydrogens is 627 g/mol. The molecule has 0 N–H and O–H groups in total. The number of nitrogens with zero attached hydrogens (tertiary/aromatic N) is 1. The van der Waals surface area contributed by atoms with Crippen molar-refractivity contribution in [3.05, 3.63) is 199 Å². The molecule has 1 heterocycles. The van der Waals surface area contributed by atoms with E-state index in [0.29, 0.717) is 5.92 Å². The van der Waals surface area contributed by atoms with Gasteiger partial charge in [-0.2, -0.15) is 0 Å². The summed E-state index contributed by atoms with van der Waals surface area (Å²) < 4.78 is 2.43. The Balaban J connectivity index is 1.04. The van der Waals surface area contributed by atoms with Crippen molar-refractivity contribution >= 4 is 54.5 Å². The van der Waals surface area contributed by atoms with Crippen LogP contribution in [0, 0.1) is 5.92 Å². The molecule has 9 aromatic rings. The van der Waals surface area contributed by atoms with Crippen LogP contribution in [0.25, 0.3) is 82.4 Å². The predicted octanol–water partition coefficient (Wildman–Crippen LogP) is 13.5. The highest BCUT2D eigenvalue weighted by molar-refractivity contribution is 6.21. The fourth-order valence-electron chi connectivity index (χ4n) is 9.24. The smallest absolute Gasteiger partial charge is 0.0541 e. The Labute approximate surface area is 303 Å². The number of aromatic nitrogens is 1. The monoisotopic (exact) mass is 661 g/mol. The topological polar surface area (TPSA) is 4.93 Å². The van der Waals surface area contributed by atoms with Crippen LogP contribution in [-0.2, 0) is 6.42 Å². The number of hydrogen-bond acceptors (Lipinski definition) is 0. The lowest BCUT2D eigenvalue weighted by Gasteiger charge is -2.18. The maximum atomic E-state index is 2.46. The highest BCUT2D eigenvalue weighted by atomic mass is 15.0. The number of allylic oxidation sites excluding steroid dienone is 4. The Morgan fingerprint density at radius 1 is 0.442 bits per heavy atom. The van der Waals surface area contributed by atoms with E-state index in [0.717, 1.165) is 12.8 Å². The zero-order valence-electron chi connectivity index (χ0n) is 28.8. The molecule has 0 radical (unpaired) electrons. The molecule has 1 atom stereocenters. The molecular formula is C51H35N. The Morgan fingerprint density at radius 3 is 1.71 bits per heavy atom. The van der Waals surface area contributed by atoms with Crippen LogP contribution >= 0.6 is 0 Å². The van der Waals surface area contributed by atoms with Crippen LogP contribution in [0.4, 0.5) is 0 Å². The minimum absolute atomic E-state index is 0.604. The summed E-state index contributed by atoms with van der Waals surface area (Å²) in [6, 6.07) is 62.7. The average Bonchev–Trinajstić information content (AvgIpc) is 3.75. The lowest BCUT2D eigenvalue weighted by molar-refractivity contribution is 0.704. The van der Waals surface area contributed by atoms with Gasteiger partial charge in [0.25, 0.3) is 0 Å². The SMILES string of the molecule is C1=C(c2ccc3c(c2)c2ccccc2n3-c2ccc(-c3c4ccccc4c(-c4ccccc4)c4ccccc34)cc2)C=C2c3ccccc3CC2C1. The maximum absolute atomic E-state index is 2.46. The average molecular weight is 662 g/mol.